The Kier molecular flexibility index (Phi) is 4.78. The van der Waals surface area contributed by atoms with Crippen molar-refractivity contribution in [3.05, 3.63) is 29.6 Å². The summed E-state index contributed by atoms with van der Waals surface area (Å²) in [6.07, 6.45) is 1.57. The molecule has 0 saturated carbocycles. The molecule has 1 saturated heterocycles. The summed E-state index contributed by atoms with van der Waals surface area (Å²) in [5, 5.41) is 17.6. The summed E-state index contributed by atoms with van der Waals surface area (Å²) in [6, 6.07) is 4.08. The van der Waals surface area contributed by atoms with Gasteiger partial charge in [0, 0.05) is 12.6 Å². The summed E-state index contributed by atoms with van der Waals surface area (Å²) < 4.78 is 40.0. The number of carboxylic acids is 1. The van der Waals surface area contributed by atoms with Crippen LogP contribution in [0.1, 0.15) is 31.2 Å². The molecule has 1 aromatic rings. The van der Waals surface area contributed by atoms with Crippen LogP contribution in [0.4, 0.5) is 4.39 Å². The molecule has 1 unspecified atom stereocenters. The van der Waals surface area contributed by atoms with Crippen molar-refractivity contribution in [2.45, 2.75) is 36.6 Å². The van der Waals surface area contributed by atoms with E-state index in [0.717, 1.165) is 22.9 Å². The van der Waals surface area contributed by atoms with Crippen LogP contribution in [0.2, 0.25) is 0 Å². The average Bonchev–Trinajstić information content (AvgIpc) is 2.47. The smallest absolute Gasteiger partial charge is 0.304 e. The average molecular weight is 326 g/mol. The van der Waals surface area contributed by atoms with Crippen LogP contribution in [-0.2, 0) is 14.8 Å². The molecule has 22 heavy (non-hydrogen) atoms. The predicted molar refractivity (Wildman–Crippen MR) is 74.9 cm³/mol. The Hall–Kier alpha value is -1.98. The molecule has 2 rings (SSSR count). The lowest BCUT2D eigenvalue weighted by Crippen LogP contribution is -2.44. The molecule has 0 aromatic heterocycles. The molecule has 1 fully saturated rings. The van der Waals surface area contributed by atoms with E-state index in [1.165, 1.54) is 6.07 Å². The van der Waals surface area contributed by atoms with Crippen LogP contribution in [0, 0.1) is 17.1 Å². The number of carbonyl (C=O) groups is 1. The Morgan fingerprint density at radius 2 is 2.18 bits per heavy atom. The highest BCUT2D eigenvalue weighted by Gasteiger charge is 2.34. The van der Waals surface area contributed by atoms with Crippen molar-refractivity contribution in [3.8, 4) is 6.07 Å². The standard InChI is InChI=1S/C14H15FN2O4S/c15-13-8-12(5-4-10(13)9-16)22(20,21)17-6-2-1-3-11(17)7-14(18)19/h4-5,8,11H,1-3,6-7H2,(H,18,19). The van der Waals surface area contributed by atoms with Gasteiger partial charge in [-0.2, -0.15) is 9.57 Å². The van der Waals surface area contributed by atoms with Crippen LogP contribution in [0.3, 0.4) is 0 Å². The van der Waals surface area contributed by atoms with E-state index < -0.39 is 27.9 Å². The third-order valence-electron chi connectivity index (χ3n) is 3.65. The number of hydrogen-bond donors (Lipinski definition) is 1. The summed E-state index contributed by atoms with van der Waals surface area (Å²) in [5.74, 6) is -1.98. The van der Waals surface area contributed by atoms with Crippen LogP contribution in [0.25, 0.3) is 0 Å². The van der Waals surface area contributed by atoms with E-state index in [4.69, 9.17) is 10.4 Å². The Morgan fingerprint density at radius 3 is 2.77 bits per heavy atom. The fraction of sp³-hybridized carbons (Fsp3) is 0.429. The minimum atomic E-state index is -3.98. The van der Waals surface area contributed by atoms with E-state index in [2.05, 4.69) is 0 Å². The number of nitriles is 1. The highest BCUT2D eigenvalue weighted by atomic mass is 32.2. The van der Waals surface area contributed by atoms with Gasteiger partial charge in [0.2, 0.25) is 10.0 Å². The first kappa shape index (κ1) is 16.4. The molecule has 118 valence electrons. The zero-order chi connectivity index (χ0) is 16.3. The first-order chi connectivity index (χ1) is 10.4. The molecule has 8 heteroatoms. The van der Waals surface area contributed by atoms with E-state index in [9.17, 15) is 17.6 Å². The molecule has 0 amide bonds. The van der Waals surface area contributed by atoms with Gasteiger partial charge in [-0.05, 0) is 31.0 Å². The maximum absolute atomic E-state index is 13.7. The highest BCUT2D eigenvalue weighted by molar-refractivity contribution is 7.89. The first-order valence-electron chi connectivity index (χ1n) is 6.79. The van der Waals surface area contributed by atoms with Gasteiger partial charge in [-0.15, -0.1) is 0 Å². The second-order valence-corrected chi connectivity index (χ2v) is 7.01. The SMILES string of the molecule is N#Cc1ccc(S(=O)(=O)N2CCCCC2CC(=O)O)cc1F. The number of aliphatic carboxylic acids is 1. The summed E-state index contributed by atoms with van der Waals surface area (Å²) in [6.45, 7) is 0.210. The van der Waals surface area contributed by atoms with E-state index >= 15 is 0 Å². The molecule has 6 nitrogen and oxygen atoms in total. The third kappa shape index (κ3) is 3.26. The largest absolute Gasteiger partial charge is 0.481 e. The van der Waals surface area contributed by atoms with Gasteiger partial charge >= 0.3 is 5.97 Å². The zero-order valence-electron chi connectivity index (χ0n) is 11.7. The minimum absolute atomic E-state index is 0.210. The summed E-state index contributed by atoms with van der Waals surface area (Å²) in [5.41, 5.74) is -0.236. The number of hydrogen-bond acceptors (Lipinski definition) is 4. The van der Waals surface area contributed by atoms with Crippen molar-refractivity contribution < 1.29 is 22.7 Å². The number of nitrogens with zero attached hydrogens (tertiary/aromatic N) is 2. The molecule has 0 bridgehead atoms. The minimum Gasteiger partial charge on any atom is -0.481 e. The van der Waals surface area contributed by atoms with Crippen LogP contribution in [0.5, 0.6) is 0 Å². The van der Waals surface area contributed by atoms with Crippen LogP contribution in [-0.4, -0.2) is 36.4 Å². The Balaban J connectivity index is 2.37. The Morgan fingerprint density at radius 1 is 1.45 bits per heavy atom. The summed E-state index contributed by atoms with van der Waals surface area (Å²) >= 11 is 0. The maximum Gasteiger partial charge on any atom is 0.304 e. The maximum atomic E-state index is 13.7. The molecule has 0 aliphatic carbocycles. The second kappa shape index (κ2) is 6.42. The van der Waals surface area contributed by atoms with E-state index in [-0.39, 0.29) is 23.4 Å². The van der Waals surface area contributed by atoms with E-state index in [1.807, 2.05) is 0 Å². The molecule has 1 aliphatic rings. The van der Waals surface area contributed by atoms with Crippen molar-refractivity contribution >= 4 is 16.0 Å². The first-order valence-corrected chi connectivity index (χ1v) is 8.23. The zero-order valence-corrected chi connectivity index (χ0v) is 12.5. The molecular weight excluding hydrogens is 311 g/mol. The monoisotopic (exact) mass is 326 g/mol. The van der Waals surface area contributed by atoms with Crippen molar-refractivity contribution in [1.82, 2.24) is 4.31 Å². The lowest BCUT2D eigenvalue weighted by atomic mass is 10.0. The predicted octanol–water partition coefficient (Wildman–Crippen LogP) is 1.72. The van der Waals surface area contributed by atoms with Crippen molar-refractivity contribution in [1.29, 1.82) is 5.26 Å². The fourth-order valence-electron chi connectivity index (χ4n) is 2.58. The molecule has 1 aromatic carbocycles. The van der Waals surface area contributed by atoms with Crippen LogP contribution < -0.4 is 0 Å². The van der Waals surface area contributed by atoms with Gasteiger partial charge in [0.15, 0.2) is 0 Å². The number of benzene rings is 1. The number of piperidine rings is 1. The fourth-order valence-corrected chi connectivity index (χ4v) is 4.28. The summed E-state index contributed by atoms with van der Waals surface area (Å²) in [7, 11) is -3.98. The lowest BCUT2D eigenvalue weighted by molar-refractivity contribution is -0.138. The number of rotatable bonds is 4. The molecule has 1 N–H and O–H groups in total. The van der Waals surface area contributed by atoms with Gasteiger partial charge in [0.05, 0.1) is 16.9 Å². The Bertz CT molecular complexity index is 727. The topological polar surface area (TPSA) is 98.5 Å². The quantitative estimate of drug-likeness (QED) is 0.908. The second-order valence-electron chi connectivity index (χ2n) is 5.12. The molecule has 0 spiro atoms. The lowest BCUT2D eigenvalue weighted by Gasteiger charge is -2.33. The van der Waals surface area contributed by atoms with Gasteiger partial charge in [0.25, 0.3) is 0 Å². The molecule has 1 atom stereocenters. The van der Waals surface area contributed by atoms with Gasteiger partial charge in [-0.3, -0.25) is 4.79 Å². The molecule has 1 heterocycles. The van der Waals surface area contributed by atoms with Crippen molar-refractivity contribution in [2.75, 3.05) is 6.54 Å². The van der Waals surface area contributed by atoms with Crippen LogP contribution in [0.15, 0.2) is 23.1 Å². The van der Waals surface area contributed by atoms with Gasteiger partial charge in [-0.1, -0.05) is 6.42 Å². The number of halogens is 1. The summed E-state index contributed by atoms with van der Waals surface area (Å²) in [4.78, 5) is 10.6. The van der Waals surface area contributed by atoms with Crippen molar-refractivity contribution in [2.24, 2.45) is 0 Å². The molecule has 1 aliphatic heterocycles. The number of carboxylic acid groups (broad SMARTS) is 1. The van der Waals surface area contributed by atoms with Crippen LogP contribution >= 0.6 is 0 Å². The molecular formula is C14H15FN2O4S. The number of sulfonamides is 1. The van der Waals surface area contributed by atoms with E-state index in [1.54, 1.807) is 6.07 Å². The molecule has 0 radical (unpaired) electrons. The van der Waals surface area contributed by atoms with E-state index in [0.29, 0.717) is 12.8 Å². The Labute approximate surface area is 127 Å². The van der Waals surface area contributed by atoms with Crippen molar-refractivity contribution in [3.63, 3.8) is 0 Å². The van der Waals surface area contributed by atoms with Gasteiger partial charge in [0.1, 0.15) is 11.9 Å². The van der Waals surface area contributed by atoms with Gasteiger partial charge < -0.3 is 5.11 Å². The normalized spacial score (nSPS) is 19.5. The highest BCUT2D eigenvalue weighted by Crippen LogP contribution is 2.27. The van der Waals surface area contributed by atoms with Gasteiger partial charge in [-0.25, -0.2) is 12.8 Å². The third-order valence-corrected chi connectivity index (χ3v) is 5.60.